The third-order valence-corrected chi connectivity index (χ3v) is 3.85. The Kier molecular flexibility index (Phi) is 3.26. The second-order valence-electron chi connectivity index (χ2n) is 4.02. The molecule has 2 saturated heterocycles. The van der Waals surface area contributed by atoms with E-state index in [-0.39, 0.29) is 0 Å². The van der Waals surface area contributed by atoms with Gasteiger partial charge in [0, 0.05) is 30.1 Å². The average Bonchev–Trinajstić information content (AvgIpc) is 1.97. The number of nitrogens with zero attached hydrogens (tertiary/aromatic N) is 1. The van der Waals surface area contributed by atoms with Crippen molar-refractivity contribution in [2.75, 3.05) is 32.7 Å². The molecule has 2 nitrogen and oxygen atoms in total. The molecule has 0 radical (unpaired) electrons. The molecule has 2 heterocycles. The molecule has 0 aromatic carbocycles. The van der Waals surface area contributed by atoms with Gasteiger partial charge in [0.2, 0.25) is 0 Å². The van der Waals surface area contributed by atoms with E-state index in [4.69, 9.17) is 0 Å². The van der Waals surface area contributed by atoms with Crippen LogP contribution in [0.5, 0.6) is 0 Å². The third kappa shape index (κ3) is 2.33. The highest BCUT2D eigenvalue weighted by molar-refractivity contribution is 14.1. The van der Waals surface area contributed by atoms with Gasteiger partial charge in [0.15, 0.2) is 0 Å². The molecule has 2 aliphatic heterocycles. The first kappa shape index (κ1) is 9.21. The van der Waals surface area contributed by atoms with Gasteiger partial charge in [0.1, 0.15) is 0 Å². The average molecular weight is 280 g/mol. The molecule has 2 fully saturated rings. The normalized spacial score (nSPS) is 33.2. The quantitative estimate of drug-likeness (QED) is 0.602. The molecular weight excluding hydrogens is 263 g/mol. The Morgan fingerprint density at radius 1 is 1.42 bits per heavy atom. The van der Waals surface area contributed by atoms with Crippen LogP contribution in [-0.2, 0) is 0 Å². The van der Waals surface area contributed by atoms with E-state index in [1.165, 1.54) is 45.6 Å². The summed E-state index contributed by atoms with van der Waals surface area (Å²) in [6, 6.07) is 0. The molecule has 0 bridgehead atoms. The molecule has 0 aliphatic carbocycles. The summed E-state index contributed by atoms with van der Waals surface area (Å²) in [7, 11) is 0. The first-order chi connectivity index (χ1) is 5.84. The van der Waals surface area contributed by atoms with Crippen LogP contribution < -0.4 is 5.32 Å². The minimum absolute atomic E-state index is 0.907. The second kappa shape index (κ2) is 4.24. The molecule has 0 amide bonds. The molecule has 0 aromatic heterocycles. The highest BCUT2D eigenvalue weighted by Gasteiger charge is 2.23. The van der Waals surface area contributed by atoms with E-state index in [9.17, 15) is 0 Å². The predicted octanol–water partition coefficient (Wildman–Crippen LogP) is 1.11. The fourth-order valence-electron chi connectivity index (χ4n) is 2.01. The van der Waals surface area contributed by atoms with Crippen molar-refractivity contribution in [2.45, 2.75) is 16.8 Å². The van der Waals surface area contributed by atoms with E-state index in [1.54, 1.807) is 0 Å². The van der Waals surface area contributed by atoms with Gasteiger partial charge in [-0.1, -0.05) is 22.6 Å². The van der Waals surface area contributed by atoms with Gasteiger partial charge < -0.3 is 10.2 Å². The number of halogens is 1. The summed E-state index contributed by atoms with van der Waals surface area (Å²) in [4.78, 5) is 2.64. The Hall–Kier alpha value is 0.650. The lowest BCUT2D eigenvalue weighted by Crippen LogP contribution is -2.50. The number of likely N-dealkylation sites (tertiary alicyclic amines) is 1. The predicted molar refractivity (Wildman–Crippen MR) is 59.8 cm³/mol. The van der Waals surface area contributed by atoms with Gasteiger partial charge in [0.05, 0.1) is 0 Å². The van der Waals surface area contributed by atoms with Gasteiger partial charge in [-0.05, 0) is 25.3 Å². The molecule has 1 unspecified atom stereocenters. The van der Waals surface area contributed by atoms with Gasteiger partial charge in [0.25, 0.3) is 0 Å². The number of alkyl halides is 1. The monoisotopic (exact) mass is 280 g/mol. The SMILES string of the molecule is IC1CCCN(CC2CNC2)C1. The zero-order valence-corrected chi connectivity index (χ0v) is 9.59. The zero-order valence-electron chi connectivity index (χ0n) is 7.43. The van der Waals surface area contributed by atoms with Crippen LogP contribution in [0.3, 0.4) is 0 Å². The minimum atomic E-state index is 0.907. The molecular formula is C9H17IN2. The van der Waals surface area contributed by atoms with Crippen molar-refractivity contribution in [1.82, 2.24) is 10.2 Å². The Balaban J connectivity index is 1.71. The van der Waals surface area contributed by atoms with Gasteiger partial charge in [-0.15, -0.1) is 0 Å². The van der Waals surface area contributed by atoms with Crippen molar-refractivity contribution in [1.29, 1.82) is 0 Å². The van der Waals surface area contributed by atoms with Crippen LogP contribution in [0.1, 0.15) is 12.8 Å². The molecule has 1 N–H and O–H groups in total. The summed E-state index contributed by atoms with van der Waals surface area (Å²) < 4.78 is 0.907. The van der Waals surface area contributed by atoms with Crippen molar-refractivity contribution < 1.29 is 0 Å². The molecule has 2 rings (SSSR count). The van der Waals surface area contributed by atoms with Gasteiger partial charge in [-0.2, -0.15) is 0 Å². The molecule has 2 aliphatic rings. The van der Waals surface area contributed by atoms with E-state index in [0.717, 1.165) is 9.84 Å². The third-order valence-electron chi connectivity index (χ3n) is 2.83. The van der Waals surface area contributed by atoms with Crippen LogP contribution in [0.2, 0.25) is 0 Å². The molecule has 0 aromatic rings. The van der Waals surface area contributed by atoms with Crippen LogP contribution in [-0.4, -0.2) is 41.5 Å². The number of hydrogen-bond acceptors (Lipinski definition) is 2. The van der Waals surface area contributed by atoms with E-state index >= 15 is 0 Å². The number of piperidine rings is 1. The molecule has 12 heavy (non-hydrogen) atoms. The maximum absolute atomic E-state index is 3.33. The molecule has 1 atom stereocenters. The Bertz CT molecular complexity index is 147. The van der Waals surface area contributed by atoms with Crippen LogP contribution in [0.4, 0.5) is 0 Å². The van der Waals surface area contributed by atoms with E-state index < -0.39 is 0 Å². The fourth-order valence-corrected chi connectivity index (χ4v) is 3.01. The lowest BCUT2D eigenvalue weighted by atomic mass is 10.0. The second-order valence-corrected chi connectivity index (χ2v) is 5.78. The fraction of sp³-hybridized carbons (Fsp3) is 1.00. The summed E-state index contributed by atoms with van der Waals surface area (Å²) in [6.07, 6.45) is 2.84. The van der Waals surface area contributed by atoms with Crippen LogP contribution in [0, 0.1) is 5.92 Å². The van der Waals surface area contributed by atoms with Crippen molar-refractivity contribution >= 4 is 22.6 Å². The summed E-state index contributed by atoms with van der Waals surface area (Å²) in [5, 5.41) is 3.33. The van der Waals surface area contributed by atoms with Crippen LogP contribution in [0.15, 0.2) is 0 Å². The number of rotatable bonds is 2. The van der Waals surface area contributed by atoms with Crippen molar-refractivity contribution in [3.8, 4) is 0 Å². The Morgan fingerprint density at radius 3 is 2.83 bits per heavy atom. The Morgan fingerprint density at radius 2 is 2.25 bits per heavy atom. The summed E-state index contributed by atoms with van der Waals surface area (Å²) in [5.41, 5.74) is 0. The summed E-state index contributed by atoms with van der Waals surface area (Å²) in [6.45, 7) is 6.52. The highest BCUT2D eigenvalue weighted by atomic mass is 127. The topological polar surface area (TPSA) is 15.3 Å². The molecule has 3 heteroatoms. The first-order valence-electron chi connectivity index (χ1n) is 4.92. The van der Waals surface area contributed by atoms with E-state index in [1.807, 2.05) is 0 Å². The lowest BCUT2D eigenvalue weighted by Gasteiger charge is -2.36. The lowest BCUT2D eigenvalue weighted by molar-refractivity contribution is 0.173. The van der Waals surface area contributed by atoms with Gasteiger partial charge >= 0.3 is 0 Å². The smallest absolute Gasteiger partial charge is 0.0237 e. The van der Waals surface area contributed by atoms with Gasteiger partial charge in [-0.3, -0.25) is 0 Å². The van der Waals surface area contributed by atoms with E-state index in [2.05, 4.69) is 32.8 Å². The maximum Gasteiger partial charge on any atom is 0.0237 e. The Labute approximate surface area is 88.2 Å². The maximum atomic E-state index is 3.33. The molecule has 0 saturated carbocycles. The van der Waals surface area contributed by atoms with Crippen molar-refractivity contribution in [2.24, 2.45) is 5.92 Å². The molecule has 70 valence electrons. The first-order valence-corrected chi connectivity index (χ1v) is 6.16. The molecule has 0 spiro atoms. The summed E-state index contributed by atoms with van der Waals surface area (Å²) >= 11 is 2.59. The van der Waals surface area contributed by atoms with Crippen molar-refractivity contribution in [3.05, 3.63) is 0 Å². The zero-order chi connectivity index (χ0) is 8.39. The van der Waals surface area contributed by atoms with Crippen LogP contribution in [0.25, 0.3) is 0 Å². The van der Waals surface area contributed by atoms with Crippen LogP contribution >= 0.6 is 22.6 Å². The minimum Gasteiger partial charge on any atom is -0.316 e. The van der Waals surface area contributed by atoms with Crippen molar-refractivity contribution in [3.63, 3.8) is 0 Å². The summed E-state index contributed by atoms with van der Waals surface area (Å²) in [5.74, 6) is 0.951. The van der Waals surface area contributed by atoms with E-state index in [0.29, 0.717) is 0 Å². The standard InChI is InChI=1S/C9H17IN2/c10-9-2-1-3-12(7-9)6-8-4-11-5-8/h8-9,11H,1-7H2. The largest absolute Gasteiger partial charge is 0.316 e. The number of hydrogen-bond donors (Lipinski definition) is 1. The highest BCUT2D eigenvalue weighted by Crippen LogP contribution is 2.18. The number of nitrogens with one attached hydrogen (secondary N) is 1. The van der Waals surface area contributed by atoms with Gasteiger partial charge in [-0.25, -0.2) is 0 Å².